The fraction of sp³-hybridized carbons (Fsp3) is 0.625. The number of nitrogens with zero attached hydrogens (tertiary/aromatic N) is 1. The maximum absolute atomic E-state index is 5.86. The van der Waals surface area contributed by atoms with E-state index < -0.39 is 0 Å². The monoisotopic (exact) mass is 340 g/mol. The Balaban J connectivity index is 2.47. The Hall–Kier alpha value is -0.580. The molecule has 0 spiro atoms. The summed E-state index contributed by atoms with van der Waals surface area (Å²) in [6, 6.07) is 4.75. The third-order valence-electron chi connectivity index (χ3n) is 4.26. The van der Waals surface area contributed by atoms with Gasteiger partial charge in [-0.1, -0.05) is 29.8 Å². The van der Waals surface area contributed by atoms with Crippen molar-refractivity contribution >= 4 is 15.9 Å². The molecule has 2 unspecified atom stereocenters. The molecule has 1 saturated heterocycles. The minimum atomic E-state index is 0.437. The van der Waals surface area contributed by atoms with Crippen molar-refractivity contribution in [3.8, 4) is 5.75 Å². The van der Waals surface area contributed by atoms with Gasteiger partial charge >= 0.3 is 0 Å². The molecule has 1 aliphatic heterocycles. The highest BCUT2D eigenvalue weighted by molar-refractivity contribution is 9.10. The van der Waals surface area contributed by atoms with Crippen LogP contribution in [-0.4, -0.2) is 32.1 Å². The molecule has 20 heavy (non-hydrogen) atoms. The second-order valence-corrected chi connectivity index (χ2v) is 6.97. The molecule has 0 radical (unpaired) electrons. The van der Waals surface area contributed by atoms with Crippen LogP contribution >= 0.6 is 15.9 Å². The largest absolute Gasteiger partial charge is 0.496 e. The summed E-state index contributed by atoms with van der Waals surface area (Å²) in [5, 5.41) is 0. The van der Waals surface area contributed by atoms with Crippen molar-refractivity contribution in [2.45, 2.75) is 32.2 Å². The average Bonchev–Trinajstić information content (AvgIpc) is 2.78. The van der Waals surface area contributed by atoms with E-state index in [-0.39, 0.29) is 0 Å². The summed E-state index contributed by atoms with van der Waals surface area (Å²) in [5.41, 5.74) is 8.56. The first kappa shape index (κ1) is 15.8. The van der Waals surface area contributed by atoms with Gasteiger partial charge in [0.1, 0.15) is 5.75 Å². The van der Waals surface area contributed by atoms with Gasteiger partial charge < -0.3 is 10.5 Å². The summed E-state index contributed by atoms with van der Waals surface area (Å²) in [6.45, 7) is 6.30. The number of rotatable bonds is 4. The Kier molecular flexibility index (Phi) is 5.10. The summed E-state index contributed by atoms with van der Waals surface area (Å²) in [5.74, 6) is 2.02. The second-order valence-electron chi connectivity index (χ2n) is 6.06. The van der Waals surface area contributed by atoms with Crippen LogP contribution < -0.4 is 10.5 Å². The minimum Gasteiger partial charge on any atom is -0.496 e. The van der Waals surface area contributed by atoms with Gasteiger partial charge in [-0.25, -0.2) is 0 Å². The lowest BCUT2D eigenvalue weighted by Gasteiger charge is -2.26. The molecule has 0 amide bonds. The molecule has 0 bridgehead atoms. The first-order valence-electron chi connectivity index (χ1n) is 7.25. The van der Waals surface area contributed by atoms with Crippen molar-refractivity contribution in [1.82, 2.24) is 4.90 Å². The average molecular weight is 341 g/mol. The topological polar surface area (TPSA) is 38.5 Å². The minimum absolute atomic E-state index is 0.437. The molecular weight excluding hydrogens is 316 g/mol. The summed E-state index contributed by atoms with van der Waals surface area (Å²) in [4.78, 5) is 2.42. The van der Waals surface area contributed by atoms with Gasteiger partial charge in [0.2, 0.25) is 0 Å². The molecule has 2 N–H and O–H groups in total. The lowest BCUT2D eigenvalue weighted by atomic mass is 9.89. The van der Waals surface area contributed by atoms with Crippen molar-refractivity contribution in [2.75, 3.05) is 27.2 Å². The maximum Gasteiger partial charge on any atom is 0.123 e. The highest BCUT2D eigenvalue weighted by Gasteiger charge is 2.32. The number of benzene rings is 1. The molecule has 1 heterocycles. The van der Waals surface area contributed by atoms with Gasteiger partial charge in [0.05, 0.1) is 7.11 Å². The molecule has 1 aliphatic rings. The molecule has 4 heteroatoms. The second kappa shape index (κ2) is 6.46. The quantitative estimate of drug-likeness (QED) is 0.911. The van der Waals surface area contributed by atoms with Gasteiger partial charge in [0.25, 0.3) is 0 Å². The number of likely N-dealkylation sites (tertiary alicyclic amines) is 1. The van der Waals surface area contributed by atoms with Gasteiger partial charge in [-0.3, -0.25) is 4.90 Å². The number of methoxy groups -OCH3 is 1. The van der Waals surface area contributed by atoms with Crippen molar-refractivity contribution in [2.24, 2.45) is 11.7 Å². The highest BCUT2D eigenvalue weighted by Crippen LogP contribution is 2.42. The van der Waals surface area contributed by atoms with Crippen LogP contribution in [0.2, 0.25) is 0 Å². The molecule has 2 atom stereocenters. The Morgan fingerprint density at radius 3 is 2.65 bits per heavy atom. The van der Waals surface area contributed by atoms with E-state index in [0.29, 0.717) is 17.9 Å². The van der Waals surface area contributed by atoms with Crippen LogP contribution in [0.1, 0.15) is 43.4 Å². The van der Waals surface area contributed by atoms with E-state index in [1.807, 2.05) is 0 Å². The first-order chi connectivity index (χ1) is 9.47. The number of ether oxygens (including phenoxy) is 1. The third-order valence-corrected chi connectivity index (χ3v) is 4.72. The standard InChI is InChI=1S/C16H25BrN2O/c1-10(2)16-13(6-12(17)7-15(16)20-4)14-5-11(8-18)9-19(14)3/h6-7,10-11,14H,5,8-9,18H2,1-4H3. The van der Waals surface area contributed by atoms with Gasteiger partial charge in [-0.05, 0) is 49.5 Å². The number of hydrogen-bond acceptors (Lipinski definition) is 3. The number of halogens is 1. The van der Waals surface area contributed by atoms with Crippen LogP contribution in [0.4, 0.5) is 0 Å². The zero-order chi connectivity index (χ0) is 14.9. The van der Waals surface area contributed by atoms with Crippen LogP contribution in [-0.2, 0) is 0 Å². The maximum atomic E-state index is 5.86. The fourth-order valence-corrected chi connectivity index (χ4v) is 3.77. The molecule has 1 aromatic carbocycles. The van der Waals surface area contributed by atoms with Crippen molar-refractivity contribution in [1.29, 1.82) is 0 Å². The van der Waals surface area contributed by atoms with Gasteiger partial charge in [-0.2, -0.15) is 0 Å². The van der Waals surface area contributed by atoms with E-state index in [0.717, 1.165) is 29.7 Å². The molecule has 112 valence electrons. The Morgan fingerprint density at radius 2 is 2.15 bits per heavy atom. The van der Waals surface area contributed by atoms with Crippen LogP contribution in [0.15, 0.2) is 16.6 Å². The highest BCUT2D eigenvalue weighted by atomic mass is 79.9. The Labute approximate surface area is 130 Å². The molecule has 0 saturated carbocycles. The molecule has 2 rings (SSSR count). The van der Waals surface area contributed by atoms with E-state index in [9.17, 15) is 0 Å². The van der Waals surface area contributed by atoms with Crippen LogP contribution in [0.3, 0.4) is 0 Å². The van der Waals surface area contributed by atoms with Crippen LogP contribution in [0, 0.1) is 5.92 Å². The number of nitrogens with two attached hydrogens (primary N) is 1. The van der Waals surface area contributed by atoms with Crippen molar-refractivity contribution in [3.63, 3.8) is 0 Å². The molecule has 0 aliphatic carbocycles. The summed E-state index contributed by atoms with van der Waals surface area (Å²) >= 11 is 3.61. The molecule has 3 nitrogen and oxygen atoms in total. The van der Waals surface area contributed by atoms with Crippen molar-refractivity contribution < 1.29 is 4.74 Å². The molecule has 1 aromatic rings. The molecule has 0 aromatic heterocycles. The van der Waals surface area contributed by atoms with E-state index in [1.54, 1.807) is 7.11 Å². The van der Waals surface area contributed by atoms with Gasteiger partial charge in [0.15, 0.2) is 0 Å². The zero-order valence-electron chi connectivity index (χ0n) is 12.8. The predicted molar refractivity (Wildman–Crippen MR) is 87.3 cm³/mol. The fourth-order valence-electron chi connectivity index (χ4n) is 3.32. The van der Waals surface area contributed by atoms with Crippen LogP contribution in [0.5, 0.6) is 5.75 Å². The van der Waals surface area contributed by atoms with E-state index in [2.05, 4.69) is 53.9 Å². The summed E-state index contributed by atoms with van der Waals surface area (Å²) in [6.07, 6.45) is 1.13. The number of hydrogen-bond donors (Lipinski definition) is 1. The first-order valence-corrected chi connectivity index (χ1v) is 8.04. The summed E-state index contributed by atoms with van der Waals surface area (Å²) in [7, 11) is 3.94. The van der Waals surface area contributed by atoms with Crippen LogP contribution in [0.25, 0.3) is 0 Å². The smallest absolute Gasteiger partial charge is 0.123 e. The Morgan fingerprint density at radius 1 is 1.45 bits per heavy atom. The van der Waals surface area contributed by atoms with Gasteiger partial charge in [-0.15, -0.1) is 0 Å². The predicted octanol–water partition coefficient (Wildman–Crippen LogP) is 3.53. The lowest BCUT2D eigenvalue weighted by molar-refractivity contribution is 0.310. The normalized spacial score (nSPS) is 23.6. The Bertz CT molecular complexity index is 476. The van der Waals surface area contributed by atoms with E-state index in [4.69, 9.17) is 10.5 Å². The summed E-state index contributed by atoms with van der Waals surface area (Å²) < 4.78 is 6.68. The van der Waals surface area contributed by atoms with E-state index in [1.165, 1.54) is 11.1 Å². The van der Waals surface area contributed by atoms with Gasteiger partial charge in [0, 0.05) is 22.6 Å². The SMILES string of the molecule is COc1cc(Br)cc(C2CC(CN)CN2C)c1C(C)C. The molecule has 1 fully saturated rings. The molecular formula is C16H25BrN2O. The zero-order valence-corrected chi connectivity index (χ0v) is 14.4. The third kappa shape index (κ3) is 3.02. The van der Waals surface area contributed by atoms with Crippen molar-refractivity contribution in [3.05, 3.63) is 27.7 Å². The lowest BCUT2D eigenvalue weighted by Crippen LogP contribution is -2.21. The van der Waals surface area contributed by atoms with E-state index >= 15 is 0 Å².